The van der Waals surface area contributed by atoms with E-state index in [1.165, 1.54) is 9.95 Å². The molecule has 152 valence electrons. The zero-order valence-corrected chi connectivity index (χ0v) is 17.3. The quantitative estimate of drug-likeness (QED) is 0.411. The molecule has 6 nitrogen and oxygen atoms in total. The van der Waals surface area contributed by atoms with Crippen molar-refractivity contribution < 1.29 is 14.6 Å². The van der Waals surface area contributed by atoms with Gasteiger partial charge in [-0.05, 0) is 30.7 Å². The second-order valence-corrected chi connectivity index (χ2v) is 7.84. The van der Waals surface area contributed by atoms with Crippen LogP contribution in [0.5, 0.6) is 5.75 Å². The number of benzene rings is 2. The number of nitrogens with zero attached hydrogens (tertiary/aromatic N) is 2. The maximum atomic E-state index is 13.2. The molecule has 0 bridgehead atoms. The van der Waals surface area contributed by atoms with Gasteiger partial charge in [0.2, 0.25) is 0 Å². The fourth-order valence-corrected chi connectivity index (χ4v) is 4.17. The molecule has 0 aliphatic carbocycles. The Hall–Kier alpha value is -3.16. The highest BCUT2D eigenvalue weighted by atomic mass is 35.5. The Kier molecular flexibility index (Phi) is 5.83. The van der Waals surface area contributed by atoms with E-state index in [9.17, 15) is 14.7 Å². The molecule has 4 rings (SSSR count). The molecule has 0 fully saturated rings. The van der Waals surface area contributed by atoms with Crippen molar-refractivity contribution in [2.45, 2.75) is 13.0 Å². The van der Waals surface area contributed by atoms with Crippen LogP contribution in [-0.2, 0) is 6.54 Å². The summed E-state index contributed by atoms with van der Waals surface area (Å²) in [5, 5.41) is 11.7. The number of ether oxygens (including phenoxy) is 1. The number of fused-ring (bicyclic) bond motifs is 1. The van der Waals surface area contributed by atoms with Gasteiger partial charge in [-0.3, -0.25) is 9.36 Å². The maximum Gasteiger partial charge on any atom is 0.337 e. The minimum absolute atomic E-state index is 0.0155. The van der Waals surface area contributed by atoms with E-state index >= 15 is 0 Å². The number of rotatable bonds is 7. The van der Waals surface area contributed by atoms with Crippen LogP contribution in [0, 0.1) is 0 Å². The summed E-state index contributed by atoms with van der Waals surface area (Å²) in [6.07, 6.45) is 0.544. The molecule has 2 aromatic heterocycles. The fraction of sp³-hybridized carbons (Fsp3) is 0.136. The van der Waals surface area contributed by atoms with Gasteiger partial charge in [0.25, 0.3) is 5.56 Å². The van der Waals surface area contributed by atoms with E-state index in [0.717, 1.165) is 16.9 Å². The second-order valence-electron chi connectivity index (χ2n) is 6.55. The van der Waals surface area contributed by atoms with Gasteiger partial charge in [0.1, 0.15) is 16.4 Å². The molecule has 0 radical (unpaired) electrons. The van der Waals surface area contributed by atoms with Crippen LogP contribution in [0.2, 0.25) is 5.02 Å². The third-order valence-corrected chi connectivity index (χ3v) is 5.69. The maximum absolute atomic E-state index is 13.2. The van der Waals surface area contributed by atoms with E-state index in [0.29, 0.717) is 41.0 Å². The van der Waals surface area contributed by atoms with Crippen molar-refractivity contribution in [3.63, 3.8) is 0 Å². The molecule has 0 aliphatic heterocycles. The van der Waals surface area contributed by atoms with Gasteiger partial charge in [-0.25, -0.2) is 9.78 Å². The van der Waals surface area contributed by atoms with Crippen LogP contribution in [0.15, 0.2) is 64.8 Å². The Bertz CT molecular complexity index is 1250. The van der Waals surface area contributed by atoms with Crippen molar-refractivity contribution in [1.82, 2.24) is 9.55 Å². The number of carbonyl (C=O) groups is 1. The standard InChI is InChI=1S/C22H17ClN2O4S/c23-15-7-9-16(10-8-15)29-12-4-11-25-19(14-5-2-1-3-6-14)24-20-18(21(25)26)17(13-30-20)22(27)28/h1-3,5-10,13H,4,11-12H2,(H,27,28). The van der Waals surface area contributed by atoms with Crippen LogP contribution in [0.4, 0.5) is 0 Å². The average molecular weight is 441 g/mol. The first kappa shape index (κ1) is 20.1. The lowest BCUT2D eigenvalue weighted by molar-refractivity contribution is 0.0699. The molecule has 2 heterocycles. The number of aromatic carboxylic acids is 1. The van der Waals surface area contributed by atoms with Gasteiger partial charge < -0.3 is 9.84 Å². The molecule has 4 aromatic rings. The number of carboxylic acids is 1. The number of thiophene rings is 1. The second kappa shape index (κ2) is 8.69. The molecular formula is C22H17ClN2O4S. The molecule has 8 heteroatoms. The largest absolute Gasteiger partial charge is 0.494 e. The molecular weight excluding hydrogens is 424 g/mol. The summed E-state index contributed by atoms with van der Waals surface area (Å²) < 4.78 is 7.25. The van der Waals surface area contributed by atoms with Crippen LogP contribution in [0.3, 0.4) is 0 Å². The van der Waals surface area contributed by atoms with Crippen molar-refractivity contribution in [2.24, 2.45) is 0 Å². The zero-order valence-electron chi connectivity index (χ0n) is 15.7. The van der Waals surface area contributed by atoms with Crippen molar-refractivity contribution in [3.05, 3.63) is 80.9 Å². The number of hydrogen-bond acceptors (Lipinski definition) is 5. The third-order valence-electron chi connectivity index (χ3n) is 4.56. The van der Waals surface area contributed by atoms with Gasteiger partial charge >= 0.3 is 5.97 Å². The van der Waals surface area contributed by atoms with Gasteiger partial charge in [0, 0.05) is 22.5 Å². The Morgan fingerprint density at radius 3 is 2.57 bits per heavy atom. The Morgan fingerprint density at radius 1 is 1.13 bits per heavy atom. The molecule has 0 aliphatic rings. The third kappa shape index (κ3) is 4.08. The Labute approximate surface area is 181 Å². The minimum atomic E-state index is -1.13. The summed E-state index contributed by atoms with van der Waals surface area (Å²) in [7, 11) is 0. The summed E-state index contributed by atoms with van der Waals surface area (Å²) >= 11 is 7.04. The number of aromatic nitrogens is 2. The Morgan fingerprint density at radius 2 is 1.87 bits per heavy atom. The lowest BCUT2D eigenvalue weighted by Gasteiger charge is -2.13. The van der Waals surface area contributed by atoms with Gasteiger partial charge in [-0.15, -0.1) is 11.3 Å². The van der Waals surface area contributed by atoms with Gasteiger partial charge in [-0.2, -0.15) is 0 Å². The summed E-state index contributed by atoms with van der Waals surface area (Å²) in [6, 6.07) is 16.4. The normalized spacial score (nSPS) is 11.0. The Balaban J connectivity index is 1.66. The average Bonchev–Trinajstić information content (AvgIpc) is 3.19. The monoisotopic (exact) mass is 440 g/mol. The lowest BCUT2D eigenvalue weighted by Crippen LogP contribution is -2.25. The predicted molar refractivity (Wildman–Crippen MR) is 118 cm³/mol. The SMILES string of the molecule is O=C(O)c1csc2nc(-c3ccccc3)n(CCCOc3ccc(Cl)cc3)c(=O)c12. The van der Waals surface area contributed by atoms with E-state index in [1.54, 1.807) is 24.3 Å². The van der Waals surface area contributed by atoms with E-state index in [4.69, 9.17) is 16.3 Å². The number of halogens is 1. The topological polar surface area (TPSA) is 81.4 Å². The van der Waals surface area contributed by atoms with Crippen LogP contribution < -0.4 is 10.3 Å². The van der Waals surface area contributed by atoms with Crippen LogP contribution in [-0.4, -0.2) is 27.2 Å². The van der Waals surface area contributed by atoms with Crippen molar-refractivity contribution in [3.8, 4) is 17.1 Å². The van der Waals surface area contributed by atoms with Crippen molar-refractivity contribution in [2.75, 3.05) is 6.61 Å². The van der Waals surface area contributed by atoms with E-state index in [1.807, 2.05) is 30.3 Å². The molecule has 0 saturated carbocycles. The van der Waals surface area contributed by atoms with E-state index in [2.05, 4.69) is 4.98 Å². The minimum Gasteiger partial charge on any atom is -0.494 e. The van der Waals surface area contributed by atoms with Crippen LogP contribution >= 0.6 is 22.9 Å². The molecule has 30 heavy (non-hydrogen) atoms. The predicted octanol–water partition coefficient (Wildman–Crippen LogP) is 4.95. The van der Waals surface area contributed by atoms with E-state index < -0.39 is 5.97 Å². The van der Waals surface area contributed by atoms with Crippen molar-refractivity contribution in [1.29, 1.82) is 0 Å². The molecule has 1 N–H and O–H groups in total. The highest BCUT2D eigenvalue weighted by molar-refractivity contribution is 7.17. The first-order valence-electron chi connectivity index (χ1n) is 9.23. The lowest BCUT2D eigenvalue weighted by atomic mass is 10.2. The summed E-state index contributed by atoms with van der Waals surface area (Å²) in [5.41, 5.74) is 0.419. The molecule has 0 unspecified atom stereocenters. The molecule has 2 aromatic carbocycles. The van der Waals surface area contributed by atoms with Gasteiger partial charge in [0.05, 0.1) is 17.6 Å². The smallest absolute Gasteiger partial charge is 0.337 e. The molecule has 0 atom stereocenters. The van der Waals surface area contributed by atoms with Gasteiger partial charge in [-0.1, -0.05) is 41.9 Å². The highest BCUT2D eigenvalue weighted by Crippen LogP contribution is 2.25. The molecule has 0 saturated heterocycles. The number of hydrogen-bond donors (Lipinski definition) is 1. The van der Waals surface area contributed by atoms with Crippen LogP contribution in [0.25, 0.3) is 21.6 Å². The van der Waals surface area contributed by atoms with Crippen molar-refractivity contribution >= 4 is 39.1 Å². The zero-order chi connectivity index (χ0) is 21.1. The van der Waals surface area contributed by atoms with Gasteiger partial charge in [0.15, 0.2) is 0 Å². The first-order valence-corrected chi connectivity index (χ1v) is 10.5. The molecule has 0 amide bonds. The highest BCUT2D eigenvalue weighted by Gasteiger charge is 2.20. The summed E-state index contributed by atoms with van der Waals surface area (Å²) in [6.45, 7) is 0.726. The number of carboxylic acid groups (broad SMARTS) is 1. The summed E-state index contributed by atoms with van der Waals surface area (Å²) in [5.74, 6) is 0.0678. The first-order chi connectivity index (χ1) is 14.5. The summed E-state index contributed by atoms with van der Waals surface area (Å²) in [4.78, 5) is 29.8. The van der Waals surface area contributed by atoms with Crippen LogP contribution in [0.1, 0.15) is 16.8 Å². The fourth-order valence-electron chi connectivity index (χ4n) is 3.14. The van der Waals surface area contributed by atoms with E-state index in [-0.39, 0.29) is 16.5 Å². The molecule has 0 spiro atoms.